The van der Waals surface area contributed by atoms with E-state index in [0.29, 0.717) is 12.6 Å². The number of ether oxygens (including phenoxy) is 1. The van der Waals surface area contributed by atoms with Crippen molar-refractivity contribution in [3.63, 3.8) is 0 Å². The number of hydrogen-bond donors (Lipinski definition) is 2. The predicted molar refractivity (Wildman–Crippen MR) is 56.7 cm³/mol. The van der Waals surface area contributed by atoms with E-state index in [-0.39, 0.29) is 5.75 Å². The van der Waals surface area contributed by atoms with Crippen LogP contribution >= 0.6 is 0 Å². The number of phenolic OH excluding ortho intramolecular Hbond substituents is 1. The van der Waals surface area contributed by atoms with Crippen LogP contribution < -0.4 is 10.1 Å². The quantitative estimate of drug-likeness (QED) is 0.703. The molecule has 14 heavy (non-hydrogen) atoms. The van der Waals surface area contributed by atoms with Crippen LogP contribution in [-0.2, 0) is 0 Å². The molecule has 0 unspecified atom stereocenters. The highest BCUT2D eigenvalue weighted by Crippen LogP contribution is 2.15. The minimum atomic E-state index is 0.262. The number of nitrogens with one attached hydrogen (secondary N) is 1. The van der Waals surface area contributed by atoms with Crippen molar-refractivity contribution >= 4 is 0 Å². The molecule has 0 atom stereocenters. The topological polar surface area (TPSA) is 41.5 Å². The van der Waals surface area contributed by atoms with Crippen molar-refractivity contribution in [3.8, 4) is 11.5 Å². The monoisotopic (exact) mass is 195 g/mol. The summed E-state index contributed by atoms with van der Waals surface area (Å²) in [6.45, 7) is 5.67. The fourth-order valence-corrected chi connectivity index (χ4v) is 1.06. The molecule has 0 bridgehead atoms. The molecule has 78 valence electrons. The van der Waals surface area contributed by atoms with Gasteiger partial charge in [0.05, 0.1) is 0 Å². The molecular formula is C11H17NO2. The molecule has 3 nitrogen and oxygen atoms in total. The van der Waals surface area contributed by atoms with Gasteiger partial charge in [0.2, 0.25) is 0 Å². The van der Waals surface area contributed by atoms with E-state index >= 15 is 0 Å². The highest BCUT2D eigenvalue weighted by molar-refractivity contribution is 5.29. The number of rotatable bonds is 5. The zero-order valence-corrected chi connectivity index (χ0v) is 8.66. The zero-order valence-electron chi connectivity index (χ0n) is 8.66. The second-order valence-electron chi connectivity index (χ2n) is 3.45. The number of hydrogen-bond acceptors (Lipinski definition) is 3. The molecule has 0 aliphatic heterocycles. The molecule has 1 aromatic rings. The molecule has 0 spiro atoms. The first-order chi connectivity index (χ1) is 6.68. The van der Waals surface area contributed by atoms with Crippen LogP contribution in [0.5, 0.6) is 11.5 Å². The van der Waals surface area contributed by atoms with Crippen molar-refractivity contribution in [3.05, 3.63) is 24.3 Å². The van der Waals surface area contributed by atoms with E-state index in [2.05, 4.69) is 19.2 Å². The molecule has 0 radical (unpaired) electrons. The summed E-state index contributed by atoms with van der Waals surface area (Å²) in [5.41, 5.74) is 0. The first kappa shape index (κ1) is 10.9. The van der Waals surface area contributed by atoms with E-state index in [1.165, 1.54) is 0 Å². The van der Waals surface area contributed by atoms with Gasteiger partial charge in [-0.3, -0.25) is 0 Å². The third-order valence-corrected chi connectivity index (χ3v) is 1.76. The van der Waals surface area contributed by atoms with Gasteiger partial charge in [-0.2, -0.15) is 0 Å². The largest absolute Gasteiger partial charge is 0.508 e. The second kappa shape index (κ2) is 5.50. The normalized spacial score (nSPS) is 10.5. The number of aromatic hydroxyl groups is 1. The smallest absolute Gasteiger partial charge is 0.119 e. The molecule has 0 saturated heterocycles. The van der Waals surface area contributed by atoms with Crippen LogP contribution in [0.25, 0.3) is 0 Å². The Morgan fingerprint density at radius 2 is 1.93 bits per heavy atom. The molecule has 1 rings (SSSR count). The lowest BCUT2D eigenvalue weighted by Crippen LogP contribution is -2.27. The van der Waals surface area contributed by atoms with Crippen molar-refractivity contribution in [2.75, 3.05) is 13.2 Å². The third-order valence-electron chi connectivity index (χ3n) is 1.76. The molecule has 1 aromatic carbocycles. The van der Waals surface area contributed by atoms with Gasteiger partial charge in [-0.05, 0) is 24.3 Å². The van der Waals surface area contributed by atoms with Gasteiger partial charge in [0.25, 0.3) is 0 Å². The van der Waals surface area contributed by atoms with Crippen LogP contribution in [0.15, 0.2) is 24.3 Å². The number of benzene rings is 1. The van der Waals surface area contributed by atoms with E-state index in [9.17, 15) is 0 Å². The molecule has 3 heteroatoms. The van der Waals surface area contributed by atoms with Gasteiger partial charge in [0.1, 0.15) is 18.1 Å². The summed E-state index contributed by atoms with van der Waals surface area (Å²) in [5.74, 6) is 1.05. The van der Waals surface area contributed by atoms with Gasteiger partial charge in [-0.1, -0.05) is 13.8 Å². The Labute approximate surface area is 84.7 Å². The summed E-state index contributed by atoms with van der Waals surface area (Å²) in [7, 11) is 0. The summed E-state index contributed by atoms with van der Waals surface area (Å²) in [4.78, 5) is 0. The van der Waals surface area contributed by atoms with E-state index in [1.54, 1.807) is 24.3 Å². The van der Waals surface area contributed by atoms with Crippen LogP contribution in [0.2, 0.25) is 0 Å². The lowest BCUT2D eigenvalue weighted by atomic mass is 10.3. The molecule has 0 aliphatic carbocycles. The second-order valence-corrected chi connectivity index (χ2v) is 3.45. The minimum absolute atomic E-state index is 0.262. The SMILES string of the molecule is CC(C)NCCOc1ccc(O)cc1. The summed E-state index contributed by atoms with van der Waals surface area (Å²) in [5, 5.41) is 12.3. The summed E-state index contributed by atoms with van der Waals surface area (Å²) in [6.07, 6.45) is 0. The molecular weight excluding hydrogens is 178 g/mol. The summed E-state index contributed by atoms with van der Waals surface area (Å²) >= 11 is 0. The fraction of sp³-hybridized carbons (Fsp3) is 0.455. The van der Waals surface area contributed by atoms with Crippen molar-refractivity contribution in [2.45, 2.75) is 19.9 Å². The Kier molecular flexibility index (Phi) is 4.26. The predicted octanol–water partition coefficient (Wildman–Crippen LogP) is 1.77. The Morgan fingerprint density at radius 3 is 2.50 bits per heavy atom. The van der Waals surface area contributed by atoms with Gasteiger partial charge in [-0.25, -0.2) is 0 Å². The van der Waals surface area contributed by atoms with Crippen molar-refractivity contribution in [1.82, 2.24) is 5.32 Å². The van der Waals surface area contributed by atoms with Gasteiger partial charge < -0.3 is 15.2 Å². The highest BCUT2D eigenvalue weighted by Gasteiger charge is 1.94. The van der Waals surface area contributed by atoms with E-state index < -0.39 is 0 Å². The third kappa shape index (κ3) is 4.14. The Balaban J connectivity index is 2.21. The molecule has 2 N–H and O–H groups in total. The minimum Gasteiger partial charge on any atom is -0.508 e. The lowest BCUT2D eigenvalue weighted by Gasteiger charge is -2.09. The summed E-state index contributed by atoms with van der Waals surface area (Å²) < 4.78 is 5.44. The first-order valence-electron chi connectivity index (χ1n) is 4.83. The van der Waals surface area contributed by atoms with Crippen molar-refractivity contribution in [2.24, 2.45) is 0 Å². The van der Waals surface area contributed by atoms with Crippen LogP contribution in [0, 0.1) is 0 Å². The van der Waals surface area contributed by atoms with Gasteiger partial charge in [0, 0.05) is 12.6 Å². The maximum Gasteiger partial charge on any atom is 0.119 e. The van der Waals surface area contributed by atoms with Crippen LogP contribution in [0.1, 0.15) is 13.8 Å². The van der Waals surface area contributed by atoms with E-state index in [4.69, 9.17) is 9.84 Å². The first-order valence-corrected chi connectivity index (χ1v) is 4.83. The molecule has 0 fully saturated rings. The maximum atomic E-state index is 9.03. The average Bonchev–Trinajstić information content (AvgIpc) is 2.15. The lowest BCUT2D eigenvalue weighted by molar-refractivity contribution is 0.308. The summed E-state index contributed by atoms with van der Waals surface area (Å²) in [6, 6.07) is 7.23. The maximum absolute atomic E-state index is 9.03. The Morgan fingerprint density at radius 1 is 1.29 bits per heavy atom. The fourth-order valence-electron chi connectivity index (χ4n) is 1.06. The van der Waals surface area contributed by atoms with E-state index in [1.807, 2.05) is 0 Å². The van der Waals surface area contributed by atoms with E-state index in [0.717, 1.165) is 12.3 Å². The van der Waals surface area contributed by atoms with Gasteiger partial charge in [0.15, 0.2) is 0 Å². The zero-order chi connectivity index (χ0) is 10.4. The highest BCUT2D eigenvalue weighted by atomic mass is 16.5. The van der Waals surface area contributed by atoms with Gasteiger partial charge >= 0.3 is 0 Å². The van der Waals surface area contributed by atoms with Crippen LogP contribution in [-0.4, -0.2) is 24.3 Å². The molecule has 0 aliphatic rings. The Hall–Kier alpha value is -1.22. The standard InChI is InChI=1S/C11H17NO2/c1-9(2)12-7-8-14-11-5-3-10(13)4-6-11/h3-6,9,12-13H,7-8H2,1-2H3. The average molecular weight is 195 g/mol. The van der Waals surface area contributed by atoms with Crippen molar-refractivity contribution < 1.29 is 9.84 Å². The van der Waals surface area contributed by atoms with Crippen LogP contribution in [0.4, 0.5) is 0 Å². The number of phenols is 1. The molecule has 0 saturated carbocycles. The molecule has 0 aromatic heterocycles. The van der Waals surface area contributed by atoms with Crippen LogP contribution in [0.3, 0.4) is 0 Å². The molecule has 0 heterocycles. The van der Waals surface area contributed by atoms with Crippen molar-refractivity contribution in [1.29, 1.82) is 0 Å². The molecule has 0 amide bonds. The Bertz CT molecular complexity index is 256. The van der Waals surface area contributed by atoms with Gasteiger partial charge in [-0.15, -0.1) is 0 Å².